The van der Waals surface area contributed by atoms with E-state index in [2.05, 4.69) is 0 Å². The number of rotatable bonds is 3. The quantitative estimate of drug-likeness (QED) is 0.930. The topological polar surface area (TPSA) is 53.7 Å². The number of nitrogens with two attached hydrogens (primary N) is 1. The number of hydrogen-bond donors (Lipinski definition) is 1. The Bertz CT molecular complexity index is 483. The SMILES string of the molecule is NCc1cc(F)ccc1OC1CCOC2(CCOCC2)C1. The maximum Gasteiger partial charge on any atom is 0.124 e. The van der Waals surface area contributed by atoms with Crippen LogP contribution in [0.4, 0.5) is 4.39 Å². The molecule has 4 nitrogen and oxygen atoms in total. The molecule has 1 aromatic carbocycles. The van der Waals surface area contributed by atoms with E-state index >= 15 is 0 Å². The van der Waals surface area contributed by atoms with Crippen molar-refractivity contribution >= 4 is 0 Å². The van der Waals surface area contributed by atoms with Gasteiger partial charge in [0.1, 0.15) is 17.7 Å². The highest BCUT2D eigenvalue weighted by Gasteiger charge is 2.40. The summed E-state index contributed by atoms with van der Waals surface area (Å²) in [4.78, 5) is 0. The van der Waals surface area contributed by atoms with Crippen molar-refractivity contribution in [3.63, 3.8) is 0 Å². The fourth-order valence-corrected chi connectivity index (χ4v) is 3.18. The molecule has 0 amide bonds. The van der Waals surface area contributed by atoms with Gasteiger partial charge in [0.05, 0.1) is 12.2 Å². The molecule has 2 heterocycles. The zero-order valence-electron chi connectivity index (χ0n) is 12.1. The molecule has 2 aliphatic rings. The monoisotopic (exact) mass is 295 g/mol. The molecular weight excluding hydrogens is 273 g/mol. The third-order valence-electron chi connectivity index (χ3n) is 4.39. The molecule has 0 aliphatic carbocycles. The molecule has 1 spiro atoms. The summed E-state index contributed by atoms with van der Waals surface area (Å²) in [6.07, 6.45) is 3.63. The van der Waals surface area contributed by atoms with Crippen molar-refractivity contribution in [3.8, 4) is 5.75 Å². The molecular formula is C16H22FNO3. The number of ether oxygens (including phenoxy) is 3. The van der Waals surface area contributed by atoms with Crippen LogP contribution in [0.3, 0.4) is 0 Å². The highest BCUT2D eigenvalue weighted by molar-refractivity contribution is 5.34. The van der Waals surface area contributed by atoms with E-state index in [1.807, 2.05) is 0 Å². The minimum Gasteiger partial charge on any atom is -0.490 e. The minimum absolute atomic E-state index is 0.0904. The molecule has 2 aliphatic heterocycles. The number of halogens is 1. The van der Waals surface area contributed by atoms with Crippen LogP contribution >= 0.6 is 0 Å². The van der Waals surface area contributed by atoms with E-state index < -0.39 is 0 Å². The average Bonchev–Trinajstić information content (AvgIpc) is 2.50. The van der Waals surface area contributed by atoms with Gasteiger partial charge in [0, 0.05) is 38.2 Å². The van der Waals surface area contributed by atoms with Crippen LogP contribution in [0, 0.1) is 5.82 Å². The first kappa shape index (κ1) is 14.8. The molecule has 1 unspecified atom stereocenters. The zero-order valence-corrected chi connectivity index (χ0v) is 12.1. The summed E-state index contributed by atoms with van der Waals surface area (Å²) in [5.41, 5.74) is 6.28. The number of benzene rings is 1. The fourth-order valence-electron chi connectivity index (χ4n) is 3.18. The summed E-state index contributed by atoms with van der Waals surface area (Å²) in [6, 6.07) is 4.53. The van der Waals surface area contributed by atoms with Crippen molar-refractivity contribution in [1.82, 2.24) is 0 Å². The number of hydrogen-bond acceptors (Lipinski definition) is 4. The van der Waals surface area contributed by atoms with E-state index in [4.69, 9.17) is 19.9 Å². The van der Waals surface area contributed by atoms with Crippen LogP contribution in [-0.2, 0) is 16.0 Å². The smallest absolute Gasteiger partial charge is 0.124 e. The Morgan fingerprint density at radius 2 is 2.10 bits per heavy atom. The molecule has 0 aromatic heterocycles. The van der Waals surface area contributed by atoms with Gasteiger partial charge in [0.2, 0.25) is 0 Å². The summed E-state index contributed by atoms with van der Waals surface area (Å²) < 4.78 is 30.8. The lowest BCUT2D eigenvalue weighted by atomic mass is 9.85. The second-order valence-electron chi connectivity index (χ2n) is 5.83. The highest BCUT2D eigenvalue weighted by Crippen LogP contribution is 2.36. The Hall–Kier alpha value is -1.17. The largest absolute Gasteiger partial charge is 0.490 e. The minimum atomic E-state index is -0.282. The molecule has 3 rings (SSSR count). The van der Waals surface area contributed by atoms with Gasteiger partial charge in [-0.05, 0) is 31.0 Å². The van der Waals surface area contributed by atoms with Crippen molar-refractivity contribution in [2.24, 2.45) is 5.73 Å². The molecule has 116 valence electrons. The van der Waals surface area contributed by atoms with Gasteiger partial charge >= 0.3 is 0 Å². The Balaban J connectivity index is 1.70. The van der Waals surface area contributed by atoms with Gasteiger partial charge in [-0.15, -0.1) is 0 Å². The molecule has 2 N–H and O–H groups in total. The van der Waals surface area contributed by atoms with Crippen LogP contribution < -0.4 is 10.5 Å². The standard InChI is InChI=1S/C16H22FNO3/c17-13-1-2-15(12(9-13)11-18)21-14-3-6-20-16(10-14)4-7-19-8-5-16/h1-2,9,14H,3-8,10-11,18H2. The van der Waals surface area contributed by atoms with Crippen LogP contribution in [0.1, 0.15) is 31.2 Å². The molecule has 1 aromatic rings. The Kier molecular flexibility index (Phi) is 4.42. The summed E-state index contributed by atoms with van der Waals surface area (Å²) in [6.45, 7) is 2.47. The van der Waals surface area contributed by atoms with Gasteiger partial charge in [-0.3, -0.25) is 0 Å². The molecule has 2 fully saturated rings. The van der Waals surface area contributed by atoms with Crippen molar-refractivity contribution in [1.29, 1.82) is 0 Å². The molecule has 0 saturated carbocycles. The first-order valence-electron chi connectivity index (χ1n) is 7.58. The maximum absolute atomic E-state index is 13.3. The van der Waals surface area contributed by atoms with Gasteiger partial charge in [-0.2, -0.15) is 0 Å². The van der Waals surface area contributed by atoms with Gasteiger partial charge in [-0.25, -0.2) is 4.39 Å². The van der Waals surface area contributed by atoms with Crippen LogP contribution in [0.2, 0.25) is 0 Å². The molecule has 0 bridgehead atoms. The van der Waals surface area contributed by atoms with Gasteiger partial charge in [0.15, 0.2) is 0 Å². The highest BCUT2D eigenvalue weighted by atomic mass is 19.1. The van der Waals surface area contributed by atoms with E-state index in [0.717, 1.165) is 38.9 Å². The third kappa shape index (κ3) is 3.36. The Morgan fingerprint density at radius 1 is 1.29 bits per heavy atom. The van der Waals surface area contributed by atoms with Crippen LogP contribution in [0.15, 0.2) is 18.2 Å². The fraction of sp³-hybridized carbons (Fsp3) is 0.625. The summed E-state index contributed by atoms with van der Waals surface area (Å²) in [7, 11) is 0. The summed E-state index contributed by atoms with van der Waals surface area (Å²) >= 11 is 0. The zero-order chi connectivity index (χ0) is 14.7. The lowest BCUT2D eigenvalue weighted by Gasteiger charge is -2.43. The normalized spacial score (nSPS) is 25.0. The van der Waals surface area contributed by atoms with E-state index in [1.165, 1.54) is 12.1 Å². The average molecular weight is 295 g/mol. The van der Waals surface area contributed by atoms with Crippen LogP contribution in [0.5, 0.6) is 5.75 Å². The first-order valence-corrected chi connectivity index (χ1v) is 7.58. The lowest BCUT2D eigenvalue weighted by Crippen LogP contribution is -2.47. The second-order valence-corrected chi connectivity index (χ2v) is 5.83. The van der Waals surface area contributed by atoms with Crippen LogP contribution in [-0.4, -0.2) is 31.5 Å². The van der Waals surface area contributed by atoms with E-state index in [1.54, 1.807) is 6.07 Å². The van der Waals surface area contributed by atoms with Crippen molar-refractivity contribution in [3.05, 3.63) is 29.6 Å². The molecule has 5 heteroatoms. The molecule has 2 saturated heterocycles. The van der Waals surface area contributed by atoms with Gasteiger partial charge in [-0.1, -0.05) is 0 Å². The van der Waals surface area contributed by atoms with Crippen molar-refractivity contribution in [2.75, 3.05) is 19.8 Å². The second kappa shape index (κ2) is 6.30. The van der Waals surface area contributed by atoms with E-state index in [9.17, 15) is 4.39 Å². The van der Waals surface area contributed by atoms with Gasteiger partial charge < -0.3 is 19.9 Å². The Morgan fingerprint density at radius 3 is 2.86 bits per heavy atom. The first-order chi connectivity index (χ1) is 10.2. The molecule has 21 heavy (non-hydrogen) atoms. The van der Waals surface area contributed by atoms with Crippen molar-refractivity contribution in [2.45, 2.75) is 43.9 Å². The van der Waals surface area contributed by atoms with E-state index in [-0.39, 0.29) is 24.1 Å². The lowest BCUT2D eigenvalue weighted by molar-refractivity contribution is -0.155. The predicted molar refractivity (Wildman–Crippen MR) is 76.7 cm³/mol. The molecule has 1 atom stereocenters. The maximum atomic E-state index is 13.3. The summed E-state index contributed by atoms with van der Waals surface area (Å²) in [5, 5.41) is 0. The van der Waals surface area contributed by atoms with Crippen LogP contribution in [0.25, 0.3) is 0 Å². The van der Waals surface area contributed by atoms with E-state index in [0.29, 0.717) is 17.9 Å². The Labute approximate surface area is 124 Å². The molecule has 0 radical (unpaired) electrons. The van der Waals surface area contributed by atoms with Crippen molar-refractivity contribution < 1.29 is 18.6 Å². The predicted octanol–water partition coefficient (Wildman–Crippen LogP) is 2.39. The van der Waals surface area contributed by atoms with Gasteiger partial charge in [0.25, 0.3) is 0 Å². The third-order valence-corrected chi connectivity index (χ3v) is 4.39. The summed E-state index contributed by atoms with van der Waals surface area (Å²) in [5.74, 6) is 0.406.